The van der Waals surface area contributed by atoms with Crippen molar-refractivity contribution in [2.75, 3.05) is 0 Å². The fourth-order valence-electron chi connectivity index (χ4n) is 2.24. The van der Waals surface area contributed by atoms with Crippen LogP contribution in [-0.2, 0) is 0 Å². The topological polar surface area (TPSA) is 45.8 Å². The lowest BCUT2D eigenvalue weighted by atomic mass is 10.1. The number of hydrogen-bond donors (Lipinski definition) is 1. The van der Waals surface area contributed by atoms with Gasteiger partial charge in [0.1, 0.15) is 0 Å². The van der Waals surface area contributed by atoms with Crippen molar-refractivity contribution in [1.29, 1.82) is 0 Å². The SMILES string of the molecule is Cc1cccc2c(=O)[nH]c(/C(Cl)=C/c3ccc(Cl)cc3Cl)nc12. The third-order valence-electron chi connectivity index (χ3n) is 3.41. The van der Waals surface area contributed by atoms with Gasteiger partial charge in [0, 0.05) is 10.0 Å². The van der Waals surface area contributed by atoms with Crippen LogP contribution in [0.15, 0.2) is 41.2 Å². The number of benzene rings is 2. The average molecular weight is 366 g/mol. The highest BCUT2D eigenvalue weighted by Crippen LogP contribution is 2.27. The first-order valence-corrected chi connectivity index (χ1v) is 7.91. The van der Waals surface area contributed by atoms with Crippen molar-refractivity contribution in [1.82, 2.24) is 9.97 Å². The number of aromatic nitrogens is 2. The van der Waals surface area contributed by atoms with Gasteiger partial charge in [-0.05, 0) is 42.3 Å². The Morgan fingerprint density at radius 2 is 2.00 bits per heavy atom. The van der Waals surface area contributed by atoms with E-state index in [1.807, 2.05) is 19.1 Å². The summed E-state index contributed by atoms with van der Waals surface area (Å²) in [6, 6.07) is 10.5. The van der Waals surface area contributed by atoms with Crippen LogP contribution in [0, 0.1) is 6.92 Å². The quantitative estimate of drug-likeness (QED) is 0.672. The highest BCUT2D eigenvalue weighted by atomic mass is 35.5. The van der Waals surface area contributed by atoms with E-state index in [9.17, 15) is 4.79 Å². The number of aryl methyl sites for hydroxylation is 1. The number of rotatable bonds is 2. The number of hydrogen-bond acceptors (Lipinski definition) is 2. The van der Waals surface area contributed by atoms with Crippen LogP contribution in [0.3, 0.4) is 0 Å². The van der Waals surface area contributed by atoms with Crippen molar-refractivity contribution < 1.29 is 0 Å². The minimum Gasteiger partial charge on any atom is -0.305 e. The maximum Gasteiger partial charge on any atom is 0.259 e. The Balaban J connectivity index is 2.14. The Bertz CT molecular complexity index is 993. The largest absolute Gasteiger partial charge is 0.305 e. The summed E-state index contributed by atoms with van der Waals surface area (Å²) in [5.74, 6) is 0.296. The molecule has 0 bridgehead atoms. The van der Waals surface area contributed by atoms with Gasteiger partial charge in [-0.2, -0.15) is 0 Å². The Kier molecular flexibility index (Phi) is 4.44. The zero-order chi connectivity index (χ0) is 16.6. The number of nitrogens with one attached hydrogen (secondary N) is 1. The lowest BCUT2D eigenvalue weighted by Gasteiger charge is -2.05. The molecule has 1 heterocycles. The third-order valence-corrected chi connectivity index (χ3v) is 4.26. The summed E-state index contributed by atoms with van der Waals surface area (Å²) in [5, 5.41) is 1.82. The minimum absolute atomic E-state index is 0.234. The van der Waals surface area contributed by atoms with E-state index in [1.165, 1.54) is 0 Å². The number of aromatic amines is 1. The van der Waals surface area contributed by atoms with E-state index < -0.39 is 0 Å². The van der Waals surface area contributed by atoms with Crippen LogP contribution in [0.2, 0.25) is 10.0 Å². The second kappa shape index (κ2) is 6.36. The number of fused-ring (bicyclic) bond motifs is 1. The lowest BCUT2D eigenvalue weighted by Crippen LogP contribution is -2.11. The maximum atomic E-state index is 12.2. The zero-order valence-electron chi connectivity index (χ0n) is 12.0. The van der Waals surface area contributed by atoms with Crippen molar-refractivity contribution in [2.45, 2.75) is 6.92 Å². The molecular formula is C17H11Cl3N2O. The van der Waals surface area contributed by atoms with Crippen LogP contribution in [0.4, 0.5) is 0 Å². The molecule has 2 aromatic carbocycles. The molecule has 0 fully saturated rings. The molecule has 3 rings (SSSR count). The second-order valence-corrected chi connectivity index (χ2v) is 6.29. The van der Waals surface area contributed by atoms with Gasteiger partial charge in [0.05, 0.1) is 15.9 Å². The molecule has 0 aliphatic rings. The molecule has 23 heavy (non-hydrogen) atoms. The van der Waals surface area contributed by atoms with E-state index in [-0.39, 0.29) is 10.6 Å². The summed E-state index contributed by atoms with van der Waals surface area (Å²) in [6.07, 6.45) is 1.64. The van der Waals surface area contributed by atoms with Crippen LogP contribution < -0.4 is 5.56 Å². The number of para-hydroxylation sites is 1. The third kappa shape index (κ3) is 3.27. The van der Waals surface area contributed by atoms with E-state index in [4.69, 9.17) is 34.8 Å². The second-order valence-electron chi connectivity index (χ2n) is 5.04. The number of H-pyrrole nitrogens is 1. The molecule has 3 aromatic rings. The molecule has 1 aromatic heterocycles. The number of halogens is 3. The molecule has 0 atom stereocenters. The van der Waals surface area contributed by atoms with Gasteiger partial charge in [0.15, 0.2) is 5.82 Å². The molecule has 116 valence electrons. The fraction of sp³-hybridized carbons (Fsp3) is 0.0588. The first-order valence-electron chi connectivity index (χ1n) is 6.78. The van der Waals surface area contributed by atoms with E-state index >= 15 is 0 Å². The molecule has 0 unspecified atom stereocenters. The molecule has 0 aliphatic carbocycles. The maximum absolute atomic E-state index is 12.2. The summed E-state index contributed by atoms with van der Waals surface area (Å²) >= 11 is 18.3. The van der Waals surface area contributed by atoms with Crippen LogP contribution in [0.1, 0.15) is 17.0 Å². The van der Waals surface area contributed by atoms with E-state index in [0.717, 1.165) is 5.56 Å². The Labute approximate surface area is 147 Å². The standard InChI is InChI=1S/C17H11Cl3N2O/c1-9-3-2-4-12-15(9)21-16(22-17(12)23)14(20)7-10-5-6-11(18)8-13(10)19/h2-8H,1H3,(H,21,22,23)/b14-7-. The Hall–Kier alpha value is -1.81. The van der Waals surface area contributed by atoms with Gasteiger partial charge in [0.2, 0.25) is 0 Å². The molecule has 0 saturated heterocycles. The summed E-state index contributed by atoms with van der Waals surface area (Å²) in [5.41, 5.74) is 1.99. The predicted molar refractivity (Wildman–Crippen MR) is 97.3 cm³/mol. The van der Waals surface area contributed by atoms with Crippen molar-refractivity contribution in [2.24, 2.45) is 0 Å². The Morgan fingerprint density at radius 1 is 1.22 bits per heavy atom. The van der Waals surface area contributed by atoms with Crippen LogP contribution in [0.5, 0.6) is 0 Å². The van der Waals surface area contributed by atoms with E-state index in [2.05, 4.69) is 9.97 Å². The molecule has 0 amide bonds. The summed E-state index contributed by atoms with van der Waals surface area (Å²) < 4.78 is 0. The van der Waals surface area contributed by atoms with Crippen molar-refractivity contribution in [3.8, 4) is 0 Å². The van der Waals surface area contributed by atoms with Crippen LogP contribution in [-0.4, -0.2) is 9.97 Å². The highest BCUT2D eigenvalue weighted by Gasteiger charge is 2.09. The molecule has 0 saturated carbocycles. The van der Waals surface area contributed by atoms with Gasteiger partial charge < -0.3 is 4.98 Å². The first kappa shape index (κ1) is 16.1. The summed E-state index contributed by atoms with van der Waals surface area (Å²) in [4.78, 5) is 19.3. The van der Waals surface area contributed by atoms with Gasteiger partial charge in [-0.1, -0.05) is 53.0 Å². The smallest absolute Gasteiger partial charge is 0.259 e. The molecule has 0 spiro atoms. The Morgan fingerprint density at radius 3 is 2.74 bits per heavy atom. The van der Waals surface area contributed by atoms with Gasteiger partial charge in [-0.3, -0.25) is 4.79 Å². The highest BCUT2D eigenvalue weighted by molar-refractivity contribution is 6.51. The van der Waals surface area contributed by atoms with Crippen molar-refractivity contribution >= 4 is 56.8 Å². The van der Waals surface area contributed by atoms with Crippen molar-refractivity contribution in [3.05, 3.63) is 73.7 Å². The van der Waals surface area contributed by atoms with E-state index in [1.54, 1.807) is 30.3 Å². The van der Waals surface area contributed by atoms with Crippen LogP contribution in [0.25, 0.3) is 22.0 Å². The first-order chi connectivity index (χ1) is 11.0. The molecule has 1 N–H and O–H groups in total. The summed E-state index contributed by atoms with van der Waals surface area (Å²) in [6.45, 7) is 1.90. The molecule has 0 radical (unpaired) electrons. The molecule has 3 nitrogen and oxygen atoms in total. The van der Waals surface area contributed by atoms with Gasteiger partial charge in [-0.25, -0.2) is 4.98 Å². The van der Waals surface area contributed by atoms with Crippen molar-refractivity contribution in [3.63, 3.8) is 0 Å². The van der Waals surface area contributed by atoms with Gasteiger partial charge >= 0.3 is 0 Å². The molecule has 6 heteroatoms. The predicted octanol–water partition coefficient (Wildman–Crippen LogP) is 5.28. The minimum atomic E-state index is -0.234. The zero-order valence-corrected chi connectivity index (χ0v) is 14.3. The molecule has 0 aliphatic heterocycles. The molecular weight excluding hydrogens is 355 g/mol. The number of nitrogens with zero attached hydrogens (tertiary/aromatic N) is 1. The normalized spacial score (nSPS) is 11.9. The fourth-order valence-corrected chi connectivity index (χ4v) is 2.91. The van der Waals surface area contributed by atoms with Gasteiger partial charge in [-0.15, -0.1) is 0 Å². The van der Waals surface area contributed by atoms with Crippen LogP contribution >= 0.6 is 34.8 Å². The van der Waals surface area contributed by atoms with E-state index in [0.29, 0.717) is 32.3 Å². The summed E-state index contributed by atoms with van der Waals surface area (Å²) in [7, 11) is 0. The monoisotopic (exact) mass is 364 g/mol. The van der Waals surface area contributed by atoms with Gasteiger partial charge in [0.25, 0.3) is 5.56 Å². The average Bonchev–Trinajstić information content (AvgIpc) is 2.51. The lowest BCUT2D eigenvalue weighted by molar-refractivity contribution is 1.13.